The average Bonchev–Trinajstić information content (AvgIpc) is 2.90. The zero-order valence-electron chi connectivity index (χ0n) is 13.0. The highest BCUT2D eigenvalue weighted by molar-refractivity contribution is 4.93. The van der Waals surface area contributed by atoms with Crippen LogP contribution in [-0.2, 0) is 4.74 Å². The van der Waals surface area contributed by atoms with Crippen LogP contribution in [0.5, 0.6) is 0 Å². The van der Waals surface area contributed by atoms with Crippen LogP contribution in [0, 0.1) is 6.92 Å². The molecule has 0 spiro atoms. The van der Waals surface area contributed by atoms with E-state index in [2.05, 4.69) is 33.8 Å². The van der Waals surface area contributed by atoms with E-state index in [1.54, 1.807) is 7.11 Å². The lowest BCUT2D eigenvalue weighted by molar-refractivity contribution is 0.0267. The third-order valence-corrected chi connectivity index (χ3v) is 4.14. The van der Waals surface area contributed by atoms with Gasteiger partial charge in [0.25, 0.3) is 0 Å². The van der Waals surface area contributed by atoms with E-state index in [-0.39, 0.29) is 6.04 Å². The van der Waals surface area contributed by atoms with Gasteiger partial charge in [0, 0.05) is 39.3 Å². The van der Waals surface area contributed by atoms with Gasteiger partial charge in [-0.1, -0.05) is 12.1 Å². The van der Waals surface area contributed by atoms with E-state index in [9.17, 15) is 0 Å². The molecule has 1 aliphatic rings. The fourth-order valence-corrected chi connectivity index (χ4v) is 2.80. The molecule has 2 atom stereocenters. The smallest absolute Gasteiger partial charge is 0.243 e. The SMILES string of the molecule is CCC1CN(C(C)c2nc(C)no2)CCN1CCOC. The van der Waals surface area contributed by atoms with Gasteiger partial charge >= 0.3 is 0 Å². The van der Waals surface area contributed by atoms with Crippen LogP contribution >= 0.6 is 0 Å². The van der Waals surface area contributed by atoms with Crippen LogP contribution in [0.3, 0.4) is 0 Å². The number of hydrogen-bond acceptors (Lipinski definition) is 6. The van der Waals surface area contributed by atoms with Gasteiger partial charge < -0.3 is 9.26 Å². The quantitative estimate of drug-likeness (QED) is 0.788. The summed E-state index contributed by atoms with van der Waals surface area (Å²) in [5.41, 5.74) is 0. The van der Waals surface area contributed by atoms with Gasteiger partial charge in [0.05, 0.1) is 12.6 Å². The summed E-state index contributed by atoms with van der Waals surface area (Å²) in [5.74, 6) is 1.43. The van der Waals surface area contributed by atoms with E-state index in [0.29, 0.717) is 11.9 Å². The van der Waals surface area contributed by atoms with E-state index in [4.69, 9.17) is 9.26 Å². The maximum Gasteiger partial charge on any atom is 0.243 e. The Kier molecular flexibility index (Phi) is 5.51. The lowest BCUT2D eigenvalue weighted by atomic mass is 10.1. The second-order valence-corrected chi connectivity index (χ2v) is 5.44. The molecule has 20 heavy (non-hydrogen) atoms. The zero-order chi connectivity index (χ0) is 14.5. The molecule has 0 saturated carbocycles. The van der Waals surface area contributed by atoms with Crippen LogP contribution in [0.1, 0.15) is 38.0 Å². The van der Waals surface area contributed by atoms with Crippen molar-refractivity contribution >= 4 is 0 Å². The summed E-state index contributed by atoms with van der Waals surface area (Å²) in [4.78, 5) is 9.31. The molecular weight excluding hydrogens is 256 g/mol. The summed E-state index contributed by atoms with van der Waals surface area (Å²) in [6.45, 7) is 11.2. The van der Waals surface area contributed by atoms with Crippen molar-refractivity contribution in [3.63, 3.8) is 0 Å². The van der Waals surface area contributed by atoms with E-state index in [1.165, 1.54) is 0 Å². The molecule has 6 heteroatoms. The zero-order valence-corrected chi connectivity index (χ0v) is 13.0. The molecule has 114 valence electrons. The molecule has 2 unspecified atom stereocenters. The predicted octanol–water partition coefficient (Wildman–Crippen LogP) is 1.48. The molecule has 1 aromatic rings. The van der Waals surface area contributed by atoms with Crippen LogP contribution < -0.4 is 0 Å². The fraction of sp³-hybridized carbons (Fsp3) is 0.857. The van der Waals surface area contributed by atoms with Crippen molar-refractivity contribution in [1.82, 2.24) is 19.9 Å². The van der Waals surface area contributed by atoms with Crippen molar-refractivity contribution in [1.29, 1.82) is 0 Å². The molecule has 0 aromatic carbocycles. The topological polar surface area (TPSA) is 54.6 Å². The number of methoxy groups -OCH3 is 1. The van der Waals surface area contributed by atoms with Crippen LogP contribution in [0.2, 0.25) is 0 Å². The number of ether oxygens (including phenoxy) is 1. The van der Waals surface area contributed by atoms with E-state index >= 15 is 0 Å². The van der Waals surface area contributed by atoms with Crippen molar-refractivity contribution in [3.8, 4) is 0 Å². The van der Waals surface area contributed by atoms with Crippen LogP contribution in [0.25, 0.3) is 0 Å². The number of piperazine rings is 1. The largest absolute Gasteiger partial charge is 0.383 e. The van der Waals surface area contributed by atoms with Crippen LogP contribution in [-0.4, -0.2) is 65.9 Å². The Bertz CT molecular complexity index is 410. The minimum atomic E-state index is 0.190. The van der Waals surface area contributed by atoms with Crippen LogP contribution in [0.4, 0.5) is 0 Å². The Hall–Kier alpha value is -0.980. The molecule has 2 rings (SSSR count). The van der Waals surface area contributed by atoms with E-state index in [1.807, 2.05) is 6.92 Å². The lowest BCUT2D eigenvalue weighted by Crippen LogP contribution is -2.54. The normalized spacial score (nSPS) is 23.1. The van der Waals surface area contributed by atoms with Crippen LogP contribution in [0.15, 0.2) is 4.52 Å². The third kappa shape index (κ3) is 3.56. The van der Waals surface area contributed by atoms with Gasteiger partial charge in [0.15, 0.2) is 5.82 Å². The molecule has 6 nitrogen and oxygen atoms in total. The van der Waals surface area contributed by atoms with Crippen molar-refractivity contribution < 1.29 is 9.26 Å². The van der Waals surface area contributed by atoms with Crippen molar-refractivity contribution in [2.45, 2.75) is 39.3 Å². The molecular formula is C14H26N4O2. The second-order valence-electron chi connectivity index (χ2n) is 5.44. The number of aryl methyl sites for hydroxylation is 1. The Balaban J connectivity index is 1.95. The summed E-state index contributed by atoms with van der Waals surface area (Å²) >= 11 is 0. The Morgan fingerprint density at radius 3 is 2.85 bits per heavy atom. The molecule has 0 bridgehead atoms. The highest BCUT2D eigenvalue weighted by atomic mass is 16.5. The first-order valence-electron chi connectivity index (χ1n) is 7.43. The van der Waals surface area contributed by atoms with Crippen molar-refractivity contribution in [2.24, 2.45) is 0 Å². The van der Waals surface area contributed by atoms with Gasteiger partial charge in [-0.3, -0.25) is 9.80 Å². The van der Waals surface area contributed by atoms with Gasteiger partial charge in [-0.25, -0.2) is 0 Å². The Morgan fingerprint density at radius 1 is 1.45 bits per heavy atom. The summed E-state index contributed by atoms with van der Waals surface area (Å²) in [6.07, 6.45) is 1.15. The Labute approximate surface area is 121 Å². The molecule has 1 saturated heterocycles. The predicted molar refractivity (Wildman–Crippen MR) is 76.6 cm³/mol. The molecule has 1 fully saturated rings. The molecule has 2 heterocycles. The second kappa shape index (κ2) is 7.15. The summed E-state index contributed by atoms with van der Waals surface area (Å²) in [7, 11) is 1.76. The maximum absolute atomic E-state index is 5.30. The van der Waals surface area contributed by atoms with Gasteiger partial charge in [-0.15, -0.1) is 0 Å². The molecule has 0 aliphatic carbocycles. The van der Waals surface area contributed by atoms with E-state index in [0.717, 1.165) is 45.1 Å². The number of rotatable bonds is 6. The fourth-order valence-electron chi connectivity index (χ4n) is 2.80. The molecule has 1 aromatic heterocycles. The van der Waals surface area contributed by atoms with Gasteiger partial charge in [-0.2, -0.15) is 4.98 Å². The lowest BCUT2D eigenvalue weighted by Gasteiger charge is -2.42. The maximum atomic E-state index is 5.30. The Morgan fingerprint density at radius 2 is 2.25 bits per heavy atom. The molecule has 0 amide bonds. The van der Waals surface area contributed by atoms with Crippen molar-refractivity contribution in [2.75, 3.05) is 39.9 Å². The van der Waals surface area contributed by atoms with E-state index < -0.39 is 0 Å². The average molecular weight is 282 g/mol. The molecule has 0 N–H and O–H groups in total. The molecule has 0 radical (unpaired) electrons. The third-order valence-electron chi connectivity index (χ3n) is 4.14. The monoisotopic (exact) mass is 282 g/mol. The van der Waals surface area contributed by atoms with Gasteiger partial charge in [0.1, 0.15) is 0 Å². The van der Waals surface area contributed by atoms with Crippen molar-refractivity contribution in [3.05, 3.63) is 11.7 Å². The number of hydrogen-bond donors (Lipinski definition) is 0. The number of nitrogens with zero attached hydrogens (tertiary/aromatic N) is 4. The highest BCUT2D eigenvalue weighted by Gasteiger charge is 2.30. The summed E-state index contributed by atoms with van der Waals surface area (Å²) < 4.78 is 10.5. The summed E-state index contributed by atoms with van der Waals surface area (Å²) in [6, 6.07) is 0.764. The highest BCUT2D eigenvalue weighted by Crippen LogP contribution is 2.23. The standard InChI is InChI=1S/C14H26N4O2/c1-5-13-10-18(7-6-17(13)8-9-19-4)11(2)14-15-12(3)16-20-14/h11,13H,5-10H2,1-4H3. The number of aromatic nitrogens is 2. The van der Waals surface area contributed by atoms with Gasteiger partial charge in [-0.05, 0) is 20.3 Å². The molecule has 1 aliphatic heterocycles. The minimum Gasteiger partial charge on any atom is -0.383 e. The summed E-state index contributed by atoms with van der Waals surface area (Å²) in [5, 5.41) is 3.89. The first-order chi connectivity index (χ1) is 9.65. The first-order valence-corrected chi connectivity index (χ1v) is 7.43. The minimum absolute atomic E-state index is 0.190. The van der Waals surface area contributed by atoms with Gasteiger partial charge in [0.2, 0.25) is 5.89 Å². The first kappa shape index (κ1) is 15.4.